The van der Waals surface area contributed by atoms with Crippen molar-refractivity contribution in [1.29, 1.82) is 0 Å². The molecule has 0 fully saturated rings. The van der Waals surface area contributed by atoms with Crippen molar-refractivity contribution >= 4 is 11.8 Å². The van der Waals surface area contributed by atoms with Crippen molar-refractivity contribution in [3.05, 3.63) is 35.4 Å². The van der Waals surface area contributed by atoms with Crippen LogP contribution in [0.5, 0.6) is 0 Å². The fraction of sp³-hybridized carbons (Fsp3) is 0.385. The summed E-state index contributed by atoms with van der Waals surface area (Å²) in [5.74, 6) is -0.788. The zero-order valence-electron chi connectivity index (χ0n) is 9.81. The van der Waals surface area contributed by atoms with E-state index in [9.17, 15) is 9.59 Å². The minimum absolute atomic E-state index is 0.0241. The fourth-order valence-electron chi connectivity index (χ4n) is 1.57. The molecule has 0 aliphatic heterocycles. The van der Waals surface area contributed by atoms with E-state index in [0.717, 1.165) is 5.56 Å². The molecule has 0 radical (unpaired) electrons. The molecule has 17 heavy (non-hydrogen) atoms. The molecule has 1 aromatic rings. The van der Waals surface area contributed by atoms with E-state index in [4.69, 9.17) is 9.84 Å². The summed E-state index contributed by atoms with van der Waals surface area (Å²) in [6.45, 7) is 1.94. The van der Waals surface area contributed by atoms with Gasteiger partial charge in [-0.05, 0) is 18.9 Å². The van der Waals surface area contributed by atoms with Crippen LogP contribution in [-0.2, 0) is 16.0 Å². The smallest absolute Gasteiger partial charge is 0.313 e. The van der Waals surface area contributed by atoms with Crippen LogP contribution in [0.3, 0.4) is 0 Å². The molecular weight excluding hydrogens is 220 g/mol. The van der Waals surface area contributed by atoms with E-state index in [1.54, 1.807) is 31.2 Å². The van der Waals surface area contributed by atoms with Crippen molar-refractivity contribution < 1.29 is 19.4 Å². The Morgan fingerprint density at radius 1 is 1.29 bits per heavy atom. The van der Waals surface area contributed by atoms with Gasteiger partial charge in [-0.25, -0.2) is 0 Å². The third kappa shape index (κ3) is 4.00. The van der Waals surface area contributed by atoms with Gasteiger partial charge < -0.3 is 9.84 Å². The van der Waals surface area contributed by atoms with Crippen molar-refractivity contribution in [2.45, 2.75) is 19.8 Å². The van der Waals surface area contributed by atoms with Crippen LogP contribution in [0.15, 0.2) is 24.3 Å². The molecule has 0 unspecified atom stereocenters. The Kier molecular flexibility index (Phi) is 5.36. The number of carbonyl (C=O) groups excluding carboxylic acids is 2. The van der Waals surface area contributed by atoms with Gasteiger partial charge in [0.1, 0.15) is 6.42 Å². The minimum atomic E-state index is -0.517. The largest absolute Gasteiger partial charge is 0.466 e. The van der Waals surface area contributed by atoms with Crippen molar-refractivity contribution in [1.82, 2.24) is 0 Å². The molecule has 0 spiro atoms. The van der Waals surface area contributed by atoms with E-state index < -0.39 is 5.97 Å². The zero-order valence-corrected chi connectivity index (χ0v) is 9.81. The molecule has 4 nitrogen and oxygen atoms in total. The predicted molar refractivity (Wildman–Crippen MR) is 62.8 cm³/mol. The molecule has 0 aromatic heterocycles. The predicted octanol–water partition coefficient (Wildman–Crippen LogP) is 1.36. The lowest BCUT2D eigenvalue weighted by Crippen LogP contribution is -2.13. The monoisotopic (exact) mass is 236 g/mol. The molecule has 0 aliphatic carbocycles. The number of hydrogen-bond donors (Lipinski definition) is 1. The Labute approximate surface area is 100 Å². The molecule has 0 saturated carbocycles. The van der Waals surface area contributed by atoms with E-state index in [1.807, 2.05) is 0 Å². The number of hydrogen-bond acceptors (Lipinski definition) is 4. The van der Waals surface area contributed by atoms with E-state index >= 15 is 0 Å². The third-order valence-corrected chi connectivity index (χ3v) is 2.31. The maximum Gasteiger partial charge on any atom is 0.313 e. The van der Waals surface area contributed by atoms with Gasteiger partial charge >= 0.3 is 5.97 Å². The maximum atomic E-state index is 11.8. The first-order valence-electron chi connectivity index (χ1n) is 5.56. The molecule has 92 valence electrons. The molecule has 0 amide bonds. The van der Waals surface area contributed by atoms with Crippen molar-refractivity contribution in [3.63, 3.8) is 0 Å². The first kappa shape index (κ1) is 13.4. The molecule has 0 atom stereocenters. The molecule has 0 saturated heterocycles. The summed E-state index contributed by atoms with van der Waals surface area (Å²) in [5, 5.41) is 8.89. The van der Waals surface area contributed by atoms with Crippen molar-refractivity contribution in [3.8, 4) is 0 Å². The molecular formula is C13H16O4. The highest BCUT2D eigenvalue weighted by Gasteiger charge is 2.15. The lowest BCUT2D eigenvalue weighted by atomic mass is 10.00. The van der Waals surface area contributed by atoms with Crippen LogP contribution < -0.4 is 0 Å². The van der Waals surface area contributed by atoms with Gasteiger partial charge in [0.05, 0.1) is 6.61 Å². The lowest BCUT2D eigenvalue weighted by molar-refractivity contribution is -0.141. The molecule has 1 aromatic carbocycles. The summed E-state index contributed by atoms with van der Waals surface area (Å²) in [7, 11) is 0. The number of ketones is 1. The number of esters is 1. The SMILES string of the molecule is CCOC(=O)CC(=O)c1ccccc1CCO. The zero-order chi connectivity index (χ0) is 12.7. The first-order valence-corrected chi connectivity index (χ1v) is 5.56. The van der Waals surface area contributed by atoms with Crippen molar-refractivity contribution in [2.24, 2.45) is 0 Å². The number of aliphatic hydroxyl groups is 1. The molecule has 4 heteroatoms. The number of aliphatic hydroxyl groups excluding tert-OH is 1. The average Bonchev–Trinajstić information content (AvgIpc) is 2.30. The van der Waals surface area contributed by atoms with E-state index in [1.165, 1.54) is 0 Å². The van der Waals surface area contributed by atoms with Gasteiger partial charge in [-0.3, -0.25) is 9.59 Å². The second kappa shape index (κ2) is 6.81. The summed E-state index contributed by atoms with van der Waals surface area (Å²) in [4.78, 5) is 23.0. The quantitative estimate of drug-likeness (QED) is 0.460. The molecule has 0 bridgehead atoms. The van der Waals surface area contributed by atoms with Crippen molar-refractivity contribution in [2.75, 3.05) is 13.2 Å². The number of benzene rings is 1. The Bertz CT molecular complexity index is 398. The molecule has 1 rings (SSSR count). The highest BCUT2D eigenvalue weighted by Crippen LogP contribution is 2.12. The highest BCUT2D eigenvalue weighted by atomic mass is 16.5. The van der Waals surface area contributed by atoms with E-state index in [-0.39, 0.29) is 25.4 Å². The second-order valence-corrected chi connectivity index (χ2v) is 3.54. The van der Waals surface area contributed by atoms with Crippen LogP contribution in [-0.4, -0.2) is 30.1 Å². The Morgan fingerprint density at radius 2 is 2.00 bits per heavy atom. The molecule has 1 N–H and O–H groups in total. The van der Waals surface area contributed by atoms with Crippen LogP contribution in [0.4, 0.5) is 0 Å². The van der Waals surface area contributed by atoms with Crippen LogP contribution in [0.2, 0.25) is 0 Å². The van der Waals surface area contributed by atoms with Gasteiger partial charge in [-0.2, -0.15) is 0 Å². The minimum Gasteiger partial charge on any atom is -0.466 e. The summed E-state index contributed by atoms with van der Waals surface area (Å²) in [6, 6.07) is 6.96. The van der Waals surface area contributed by atoms with Gasteiger partial charge in [-0.1, -0.05) is 24.3 Å². The molecule has 0 heterocycles. The number of rotatable bonds is 6. The summed E-state index contributed by atoms with van der Waals surface area (Å²) >= 11 is 0. The van der Waals surface area contributed by atoms with Gasteiger partial charge in [0, 0.05) is 12.2 Å². The summed E-state index contributed by atoms with van der Waals surface area (Å²) < 4.78 is 4.72. The average molecular weight is 236 g/mol. The fourth-order valence-corrected chi connectivity index (χ4v) is 1.57. The van der Waals surface area contributed by atoms with Gasteiger partial charge in [0.25, 0.3) is 0 Å². The van der Waals surface area contributed by atoms with Gasteiger partial charge in [-0.15, -0.1) is 0 Å². The van der Waals surface area contributed by atoms with Crippen LogP contribution in [0.1, 0.15) is 29.3 Å². The van der Waals surface area contributed by atoms with Gasteiger partial charge in [0.2, 0.25) is 0 Å². The van der Waals surface area contributed by atoms with Crippen LogP contribution in [0.25, 0.3) is 0 Å². The van der Waals surface area contributed by atoms with E-state index in [0.29, 0.717) is 12.0 Å². The standard InChI is InChI=1S/C13H16O4/c1-2-17-13(16)9-12(15)11-6-4-3-5-10(11)7-8-14/h3-6,14H,2,7-9H2,1H3. The number of Topliss-reactive ketones (excluding diaryl/α,β-unsaturated/α-hetero) is 1. The van der Waals surface area contributed by atoms with Crippen LogP contribution in [0, 0.1) is 0 Å². The highest BCUT2D eigenvalue weighted by molar-refractivity contribution is 6.06. The Morgan fingerprint density at radius 3 is 2.65 bits per heavy atom. The maximum absolute atomic E-state index is 11.8. The molecule has 0 aliphatic rings. The number of carbonyl (C=O) groups is 2. The second-order valence-electron chi connectivity index (χ2n) is 3.54. The normalized spacial score (nSPS) is 10.0. The van der Waals surface area contributed by atoms with Gasteiger partial charge in [0.15, 0.2) is 5.78 Å². The summed E-state index contributed by atoms with van der Waals surface area (Å²) in [6.07, 6.45) is 0.154. The first-order chi connectivity index (χ1) is 8.19. The Balaban J connectivity index is 2.77. The van der Waals surface area contributed by atoms with E-state index in [2.05, 4.69) is 0 Å². The Hall–Kier alpha value is -1.68. The summed E-state index contributed by atoms with van der Waals surface area (Å²) in [5.41, 5.74) is 1.24. The van der Waals surface area contributed by atoms with Crippen LogP contribution >= 0.6 is 0 Å². The number of ether oxygens (including phenoxy) is 1. The lowest BCUT2D eigenvalue weighted by Gasteiger charge is -2.07. The topological polar surface area (TPSA) is 63.6 Å². The third-order valence-electron chi connectivity index (χ3n) is 2.31.